The number of nitrogens with two attached hydrogens (primary N) is 2. The van der Waals surface area contributed by atoms with Gasteiger partial charge in [0.1, 0.15) is 5.69 Å². The molecular weight excluding hydrogens is 309 g/mol. The van der Waals surface area contributed by atoms with Gasteiger partial charge in [0.2, 0.25) is 0 Å². The lowest BCUT2D eigenvalue weighted by Gasteiger charge is -2.32. The average Bonchev–Trinajstić information content (AvgIpc) is 3.03. The molecule has 0 bridgehead atoms. The van der Waals surface area contributed by atoms with E-state index < -0.39 is 24.2 Å². The molecule has 2 aromatic rings. The number of anilines is 1. The largest absolute Gasteiger partial charge is 0.494 e. The first-order chi connectivity index (χ1) is 11.1. The summed E-state index contributed by atoms with van der Waals surface area (Å²) < 4.78 is 12.1. The summed E-state index contributed by atoms with van der Waals surface area (Å²) in [5.41, 5.74) is 12.6. The molecule has 1 aliphatic heterocycles. The van der Waals surface area contributed by atoms with Crippen LogP contribution >= 0.6 is 0 Å². The molecule has 3 rings (SSSR count). The molecule has 1 fully saturated rings. The van der Waals surface area contributed by atoms with Gasteiger partial charge in [-0.1, -0.05) is 12.1 Å². The highest BCUT2D eigenvalue weighted by molar-refractivity contribution is 6.62. The summed E-state index contributed by atoms with van der Waals surface area (Å²) in [6.07, 6.45) is 0. The molecule has 8 nitrogen and oxygen atoms in total. The first-order valence-electron chi connectivity index (χ1n) is 7.58. The molecule has 1 aromatic heterocycles. The molecule has 0 saturated carbocycles. The summed E-state index contributed by atoms with van der Waals surface area (Å²) >= 11 is 0. The molecule has 5 N–H and O–H groups in total. The SMILES string of the molecule is CC1(C)OB(c2ccc(N)c(-c3n[nH]nc3C(N)=O)c2)OC1(C)C. The topological polar surface area (TPSA) is 129 Å². The van der Waals surface area contributed by atoms with E-state index in [0.29, 0.717) is 16.9 Å². The third-order valence-corrected chi connectivity index (χ3v) is 4.64. The van der Waals surface area contributed by atoms with E-state index in [-0.39, 0.29) is 5.69 Å². The van der Waals surface area contributed by atoms with Crippen LogP contribution in [0, 0.1) is 0 Å². The fourth-order valence-corrected chi connectivity index (χ4v) is 2.50. The molecule has 24 heavy (non-hydrogen) atoms. The number of aromatic amines is 1. The Labute approximate surface area is 140 Å². The van der Waals surface area contributed by atoms with Gasteiger partial charge in [-0.05, 0) is 39.2 Å². The van der Waals surface area contributed by atoms with Gasteiger partial charge in [-0.15, -0.1) is 0 Å². The Balaban J connectivity index is 2.02. The quantitative estimate of drug-likeness (QED) is 0.554. The van der Waals surface area contributed by atoms with E-state index in [0.717, 1.165) is 5.46 Å². The standard InChI is InChI=1S/C15H20BN5O3/c1-14(2)15(3,4)24-16(23-14)8-5-6-10(17)9(7-8)11-12(13(18)22)20-21-19-11/h5-7H,17H2,1-4H3,(H2,18,22)(H,19,20,21). The molecule has 1 amide bonds. The number of benzene rings is 1. The maximum atomic E-state index is 11.5. The van der Waals surface area contributed by atoms with Crippen LogP contribution in [0.1, 0.15) is 38.2 Å². The third kappa shape index (κ3) is 2.55. The third-order valence-electron chi connectivity index (χ3n) is 4.64. The predicted molar refractivity (Wildman–Crippen MR) is 90.5 cm³/mol. The Kier molecular flexibility index (Phi) is 3.65. The molecule has 0 radical (unpaired) electrons. The van der Waals surface area contributed by atoms with Crippen LogP contribution < -0.4 is 16.9 Å². The average molecular weight is 329 g/mol. The summed E-state index contributed by atoms with van der Waals surface area (Å²) in [6.45, 7) is 7.92. The van der Waals surface area contributed by atoms with Crippen molar-refractivity contribution < 1.29 is 14.1 Å². The Morgan fingerprint density at radius 1 is 1.17 bits per heavy atom. The van der Waals surface area contributed by atoms with Crippen molar-refractivity contribution in [3.05, 3.63) is 23.9 Å². The summed E-state index contributed by atoms with van der Waals surface area (Å²) in [6, 6.07) is 5.32. The summed E-state index contributed by atoms with van der Waals surface area (Å²) in [5.74, 6) is -0.681. The summed E-state index contributed by atoms with van der Waals surface area (Å²) in [7, 11) is -0.543. The predicted octanol–water partition coefficient (Wildman–Crippen LogP) is 0.452. The number of hydrogen-bond acceptors (Lipinski definition) is 6. The number of aromatic nitrogens is 3. The van der Waals surface area contributed by atoms with Gasteiger partial charge >= 0.3 is 7.12 Å². The van der Waals surface area contributed by atoms with Gasteiger partial charge in [0.15, 0.2) is 5.69 Å². The van der Waals surface area contributed by atoms with E-state index in [4.69, 9.17) is 20.8 Å². The Bertz CT molecular complexity index is 786. The first-order valence-corrected chi connectivity index (χ1v) is 7.58. The number of carbonyl (C=O) groups excluding carboxylic acids is 1. The van der Waals surface area contributed by atoms with Crippen molar-refractivity contribution >= 4 is 24.2 Å². The Morgan fingerprint density at radius 2 is 1.79 bits per heavy atom. The molecular formula is C15H20BN5O3. The van der Waals surface area contributed by atoms with Crippen molar-refractivity contribution in [3.63, 3.8) is 0 Å². The van der Waals surface area contributed by atoms with Crippen molar-refractivity contribution in [1.82, 2.24) is 15.4 Å². The molecule has 0 spiro atoms. The van der Waals surface area contributed by atoms with Crippen LogP contribution in [0.15, 0.2) is 18.2 Å². The zero-order valence-corrected chi connectivity index (χ0v) is 14.1. The fraction of sp³-hybridized carbons (Fsp3) is 0.400. The monoisotopic (exact) mass is 329 g/mol. The minimum atomic E-state index is -0.681. The van der Waals surface area contributed by atoms with Gasteiger partial charge in [0, 0.05) is 11.3 Å². The highest BCUT2D eigenvalue weighted by atomic mass is 16.7. The van der Waals surface area contributed by atoms with Crippen molar-refractivity contribution in [2.75, 3.05) is 5.73 Å². The van der Waals surface area contributed by atoms with Crippen LogP contribution in [0.25, 0.3) is 11.3 Å². The zero-order chi connectivity index (χ0) is 17.7. The van der Waals surface area contributed by atoms with Gasteiger partial charge in [-0.25, -0.2) is 0 Å². The number of primary amides is 1. The number of carbonyl (C=O) groups is 1. The number of nitrogens with zero attached hydrogens (tertiary/aromatic N) is 2. The second-order valence-electron chi connectivity index (χ2n) is 6.82. The minimum absolute atomic E-state index is 0.0350. The van der Waals surface area contributed by atoms with Gasteiger partial charge in [-0.2, -0.15) is 15.4 Å². The normalized spacial score (nSPS) is 18.8. The molecule has 126 valence electrons. The smallest absolute Gasteiger partial charge is 0.399 e. The van der Waals surface area contributed by atoms with Crippen LogP contribution in [-0.4, -0.2) is 39.6 Å². The second kappa shape index (κ2) is 5.32. The molecule has 1 aliphatic rings. The number of nitrogens with one attached hydrogen (secondary N) is 1. The highest BCUT2D eigenvalue weighted by Crippen LogP contribution is 2.37. The first kappa shape index (κ1) is 16.5. The molecule has 2 heterocycles. The van der Waals surface area contributed by atoms with E-state index in [1.165, 1.54) is 0 Å². The Hall–Kier alpha value is -2.39. The van der Waals surface area contributed by atoms with Gasteiger partial charge < -0.3 is 20.8 Å². The zero-order valence-electron chi connectivity index (χ0n) is 14.1. The molecule has 9 heteroatoms. The van der Waals surface area contributed by atoms with Gasteiger partial charge in [-0.3, -0.25) is 4.79 Å². The van der Waals surface area contributed by atoms with Crippen molar-refractivity contribution in [2.45, 2.75) is 38.9 Å². The highest BCUT2D eigenvalue weighted by Gasteiger charge is 2.51. The van der Waals surface area contributed by atoms with Crippen molar-refractivity contribution in [1.29, 1.82) is 0 Å². The number of amides is 1. The van der Waals surface area contributed by atoms with Crippen LogP contribution in [0.3, 0.4) is 0 Å². The number of nitrogen functional groups attached to an aromatic ring is 1. The van der Waals surface area contributed by atoms with E-state index in [1.54, 1.807) is 12.1 Å². The fourth-order valence-electron chi connectivity index (χ4n) is 2.50. The Morgan fingerprint density at radius 3 is 2.38 bits per heavy atom. The van der Waals surface area contributed by atoms with E-state index >= 15 is 0 Å². The molecule has 1 saturated heterocycles. The maximum Gasteiger partial charge on any atom is 0.494 e. The number of rotatable bonds is 3. The molecule has 0 aliphatic carbocycles. The van der Waals surface area contributed by atoms with E-state index in [1.807, 2.05) is 33.8 Å². The summed E-state index contributed by atoms with van der Waals surface area (Å²) in [5, 5.41) is 10.2. The minimum Gasteiger partial charge on any atom is -0.399 e. The van der Waals surface area contributed by atoms with Crippen LogP contribution in [0.5, 0.6) is 0 Å². The van der Waals surface area contributed by atoms with Crippen LogP contribution in [-0.2, 0) is 9.31 Å². The van der Waals surface area contributed by atoms with E-state index in [2.05, 4.69) is 15.4 Å². The lowest BCUT2D eigenvalue weighted by molar-refractivity contribution is 0.00578. The van der Waals surface area contributed by atoms with Crippen molar-refractivity contribution in [2.24, 2.45) is 5.73 Å². The molecule has 0 unspecified atom stereocenters. The van der Waals surface area contributed by atoms with Gasteiger partial charge in [0.25, 0.3) is 5.91 Å². The molecule has 0 atom stereocenters. The van der Waals surface area contributed by atoms with Crippen LogP contribution in [0.2, 0.25) is 0 Å². The lowest BCUT2D eigenvalue weighted by atomic mass is 9.78. The molecule has 1 aromatic carbocycles. The van der Waals surface area contributed by atoms with Crippen molar-refractivity contribution in [3.8, 4) is 11.3 Å². The van der Waals surface area contributed by atoms with Gasteiger partial charge in [0.05, 0.1) is 11.2 Å². The number of H-pyrrole nitrogens is 1. The number of hydrogen-bond donors (Lipinski definition) is 3. The van der Waals surface area contributed by atoms with Crippen LogP contribution in [0.4, 0.5) is 5.69 Å². The maximum absolute atomic E-state index is 11.5. The van der Waals surface area contributed by atoms with E-state index in [9.17, 15) is 4.79 Å². The second-order valence-corrected chi connectivity index (χ2v) is 6.82. The summed E-state index contributed by atoms with van der Waals surface area (Å²) in [4.78, 5) is 11.5. The lowest BCUT2D eigenvalue weighted by Crippen LogP contribution is -2.41.